The van der Waals surface area contributed by atoms with Crippen LogP contribution in [-0.4, -0.2) is 46.6 Å². The highest BCUT2D eigenvalue weighted by molar-refractivity contribution is 7.22. The second kappa shape index (κ2) is 6.88. The molecular weight excluding hydrogens is 374 g/mol. The Morgan fingerprint density at radius 3 is 2.89 bits per heavy atom. The number of carbonyl (C=O) groups is 1. The predicted molar refractivity (Wildman–Crippen MR) is 111 cm³/mol. The summed E-state index contributed by atoms with van der Waals surface area (Å²) >= 11 is 1.63. The lowest BCUT2D eigenvalue weighted by atomic mass is 10.3. The maximum absolute atomic E-state index is 12.6. The van der Waals surface area contributed by atoms with Crippen molar-refractivity contribution in [3.8, 4) is 0 Å². The van der Waals surface area contributed by atoms with Crippen molar-refractivity contribution in [2.45, 2.75) is 6.92 Å². The molecule has 1 aromatic carbocycles. The normalized spacial score (nSPS) is 14.7. The number of rotatable bonds is 3. The van der Waals surface area contributed by atoms with Crippen molar-refractivity contribution in [1.82, 2.24) is 14.4 Å². The standard InChI is InChI=1S/C20H19N5O2S/c1-13-4-5-25-12-16(22-18(25)10-13)19(26)21-14-2-3-15-17(11-14)28-20(23-15)24-6-8-27-9-7-24/h2-5,10-12H,6-9H2,1H3,(H,21,26). The zero-order valence-corrected chi connectivity index (χ0v) is 16.2. The summed E-state index contributed by atoms with van der Waals surface area (Å²) in [5.41, 5.74) is 3.94. The molecule has 5 rings (SSSR count). The molecular formula is C20H19N5O2S. The van der Waals surface area contributed by atoms with Crippen molar-refractivity contribution in [2.75, 3.05) is 36.5 Å². The van der Waals surface area contributed by atoms with Crippen molar-refractivity contribution >= 4 is 43.9 Å². The van der Waals surface area contributed by atoms with Crippen LogP contribution in [-0.2, 0) is 4.74 Å². The molecule has 8 heteroatoms. The first-order chi connectivity index (χ1) is 13.7. The maximum atomic E-state index is 12.6. The summed E-state index contributed by atoms with van der Waals surface area (Å²) in [7, 11) is 0. The van der Waals surface area contributed by atoms with E-state index in [-0.39, 0.29) is 5.91 Å². The van der Waals surface area contributed by atoms with Crippen LogP contribution in [0.1, 0.15) is 16.1 Å². The molecule has 1 aliphatic heterocycles. The van der Waals surface area contributed by atoms with Crippen molar-refractivity contribution in [2.24, 2.45) is 0 Å². The number of ether oxygens (including phenoxy) is 1. The molecule has 1 N–H and O–H groups in total. The van der Waals surface area contributed by atoms with Crippen molar-refractivity contribution in [3.63, 3.8) is 0 Å². The summed E-state index contributed by atoms with van der Waals surface area (Å²) in [6.45, 7) is 5.18. The second-order valence-corrected chi connectivity index (χ2v) is 7.84. The minimum Gasteiger partial charge on any atom is -0.378 e. The van der Waals surface area contributed by atoms with Gasteiger partial charge in [-0.05, 0) is 42.8 Å². The first-order valence-electron chi connectivity index (χ1n) is 9.16. The Balaban J connectivity index is 1.38. The Labute approximate surface area is 165 Å². The molecule has 1 fully saturated rings. The molecule has 0 aliphatic carbocycles. The van der Waals surface area contributed by atoms with E-state index in [0.717, 1.165) is 58.5 Å². The number of thiazole rings is 1. The number of aryl methyl sites for hydroxylation is 1. The fourth-order valence-electron chi connectivity index (χ4n) is 3.27. The molecule has 1 amide bonds. The maximum Gasteiger partial charge on any atom is 0.275 e. The number of anilines is 2. The zero-order chi connectivity index (χ0) is 19.1. The molecule has 0 atom stereocenters. The van der Waals surface area contributed by atoms with Gasteiger partial charge in [-0.25, -0.2) is 9.97 Å². The third kappa shape index (κ3) is 3.21. The van der Waals surface area contributed by atoms with E-state index in [4.69, 9.17) is 9.72 Å². The molecule has 4 aromatic rings. The summed E-state index contributed by atoms with van der Waals surface area (Å²) in [4.78, 5) is 24.0. The minimum atomic E-state index is -0.223. The van der Waals surface area contributed by atoms with Gasteiger partial charge in [0.1, 0.15) is 11.3 Å². The van der Waals surface area contributed by atoms with Gasteiger partial charge in [-0.2, -0.15) is 0 Å². The van der Waals surface area contributed by atoms with E-state index in [1.807, 2.05) is 47.9 Å². The molecule has 3 aromatic heterocycles. The van der Waals surface area contributed by atoms with E-state index < -0.39 is 0 Å². The Morgan fingerprint density at radius 2 is 2.04 bits per heavy atom. The number of benzene rings is 1. The third-order valence-corrected chi connectivity index (χ3v) is 5.84. The van der Waals surface area contributed by atoms with Gasteiger partial charge in [-0.15, -0.1) is 0 Å². The molecule has 0 bridgehead atoms. The third-order valence-electron chi connectivity index (χ3n) is 4.76. The number of nitrogens with one attached hydrogen (secondary N) is 1. The molecule has 1 saturated heterocycles. The topological polar surface area (TPSA) is 71.8 Å². The Kier molecular flexibility index (Phi) is 4.22. The quantitative estimate of drug-likeness (QED) is 0.578. The van der Waals surface area contributed by atoms with Crippen molar-refractivity contribution in [3.05, 3.63) is 54.0 Å². The lowest BCUT2D eigenvalue weighted by Crippen LogP contribution is -2.36. The van der Waals surface area contributed by atoms with E-state index in [1.54, 1.807) is 17.5 Å². The summed E-state index contributed by atoms with van der Waals surface area (Å²) in [6.07, 6.45) is 3.65. The number of nitrogens with zero attached hydrogens (tertiary/aromatic N) is 4. The van der Waals surface area contributed by atoms with Gasteiger partial charge >= 0.3 is 0 Å². The van der Waals surface area contributed by atoms with Gasteiger partial charge in [0, 0.05) is 31.2 Å². The SMILES string of the molecule is Cc1ccn2cc(C(=O)Nc3ccc4nc(N5CCOCC5)sc4c3)nc2c1. The van der Waals surface area contributed by atoms with E-state index >= 15 is 0 Å². The molecule has 28 heavy (non-hydrogen) atoms. The number of imidazole rings is 1. The van der Waals surface area contributed by atoms with Gasteiger partial charge < -0.3 is 19.4 Å². The fraction of sp³-hybridized carbons (Fsp3) is 0.250. The smallest absolute Gasteiger partial charge is 0.275 e. The van der Waals surface area contributed by atoms with Crippen LogP contribution in [0, 0.1) is 6.92 Å². The largest absolute Gasteiger partial charge is 0.378 e. The fourth-order valence-corrected chi connectivity index (χ4v) is 4.32. The Bertz CT molecular complexity index is 1180. The molecule has 0 radical (unpaired) electrons. The summed E-state index contributed by atoms with van der Waals surface area (Å²) in [6, 6.07) is 9.73. The highest BCUT2D eigenvalue weighted by Gasteiger charge is 2.16. The average Bonchev–Trinajstić information content (AvgIpc) is 3.32. The number of morpholine rings is 1. The predicted octanol–water partition coefficient (Wildman–Crippen LogP) is 3.34. The minimum absolute atomic E-state index is 0.223. The van der Waals surface area contributed by atoms with Crippen molar-refractivity contribution in [1.29, 1.82) is 0 Å². The average molecular weight is 393 g/mol. The first-order valence-corrected chi connectivity index (χ1v) is 9.97. The molecule has 1 aliphatic rings. The van der Waals surface area contributed by atoms with Gasteiger partial charge in [0.05, 0.1) is 23.4 Å². The van der Waals surface area contributed by atoms with Crippen LogP contribution in [0.5, 0.6) is 0 Å². The van der Waals surface area contributed by atoms with Crippen LogP contribution < -0.4 is 10.2 Å². The van der Waals surface area contributed by atoms with E-state index in [0.29, 0.717) is 5.69 Å². The molecule has 7 nitrogen and oxygen atoms in total. The lowest BCUT2D eigenvalue weighted by molar-refractivity contribution is 0.102. The van der Waals surface area contributed by atoms with Crippen molar-refractivity contribution < 1.29 is 9.53 Å². The molecule has 0 saturated carbocycles. The van der Waals surface area contributed by atoms with Crippen LogP contribution in [0.3, 0.4) is 0 Å². The van der Waals surface area contributed by atoms with E-state index in [2.05, 4.69) is 15.2 Å². The Morgan fingerprint density at radius 1 is 1.18 bits per heavy atom. The van der Waals surface area contributed by atoms with Crippen LogP contribution in [0.2, 0.25) is 0 Å². The van der Waals surface area contributed by atoms with Gasteiger partial charge in [0.15, 0.2) is 5.13 Å². The second-order valence-electron chi connectivity index (χ2n) is 6.83. The van der Waals surface area contributed by atoms with Gasteiger partial charge in [-0.1, -0.05) is 11.3 Å². The van der Waals surface area contributed by atoms with E-state index in [1.165, 1.54) is 0 Å². The number of pyridine rings is 1. The van der Waals surface area contributed by atoms with Gasteiger partial charge in [-0.3, -0.25) is 4.79 Å². The monoisotopic (exact) mass is 393 g/mol. The van der Waals surface area contributed by atoms with E-state index in [9.17, 15) is 4.79 Å². The highest BCUT2D eigenvalue weighted by atomic mass is 32.1. The molecule has 0 unspecified atom stereocenters. The summed E-state index contributed by atoms with van der Waals surface area (Å²) < 4.78 is 8.30. The summed E-state index contributed by atoms with van der Waals surface area (Å²) in [5, 5.41) is 3.94. The van der Waals surface area contributed by atoms with Gasteiger partial charge in [0.2, 0.25) is 0 Å². The molecule has 142 valence electrons. The first kappa shape index (κ1) is 17.2. The number of aromatic nitrogens is 3. The number of carbonyl (C=O) groups excluding carboxylic acids is 1. The highest BCUT2D eigenvalue weighted by Crippen LogP contribution is 2.31. The Hall–Kier alpha value is -2.97. The number of amides is 1. The molecule has 0 spiro atoms. The van der Waals surface area contributed by atoms with Crippen LogP contribution >= 0.6 is 11.3 Å². The lowest BCUT2D eigenvalue weighted by Gasteiger charge is -2.25. The zero-order valence-electron chi connectivity index (χ0n) is 15.4. The van der Waals surface area contributed by atoms with Crippen LogP contribution in [0.15, 0.2) is 42.7 Å². The number of hydrogen-bond acceptors (Lipinski definition) is 6. The summed E-state index contributed by atoms with van der Waals surface area (Å²) in [5.74, 6) is -0.223. The number of fused-ring (bicyclic) bond motifs is 2. The number of hydrogen-bond donors (Lipinski definition) is 1. The molecule has 4 heterocycles. The van der Waals surface area contributed by atoms with Gasteiger partial charge in [0.25, 0.3) is 5.91 Å². The van der Waals surface area contributed by atoms with Crippen LogP contribution in [0.4, 0.5) is 10.8 Å². The van der Waals surface area contributed by atoms with Crippen LogP contribution in [0.25, 0.3) is 15.9 Å².